The second-order valence-corrected chi connectivity index (χ2v) is 8.46. The normalized spacial score (nSPS) is 11.5. The van der Waals surface area contributed by atoms with E-state index in [0.29, 0.717) is 17.6 Å². The summed E-state index contributed by atoms with van der Waals surface area (Å²) < 4.78 is 34.1. The molecule has 0 radical (unpaired) electrons. The molecule has 1 N–H and O–H groups in total. The van der Waals surface area contributed by atoms with E-state index in [1.807, 2.05) is 32.0 Å². The van der Waals surface area contributed by atoms with E-state index in [9.17, 15) is 8.42 Å². The summed E-state index contributed by atoms with van der Waals surface area (Å²) in [7, 11) is -3.81. The van der Waals surface area contributed by atoms with Crippen molar-refractivity contribution in [3.63, 3.8) is 0 Å². The summed E-state index contributed by atoms with van der Waals surface area (Å²) >= 11 is 0. The number of nitrogens with zero attached hydrogens (tertiary/aromatic N) is 2. The third-order valence-electron chi connectivity index (χ3n) is 4.54. The first-order valence-corrected chi connectivity index (χ1v) is 10.9. The first-order valence-electron chi connectivity index (χ1n) is 9.40. The highest BCUT2D eigenvalue weighted by Gasteiger charge is 2.20. The maximum atomic E-state index is 12.9. The van der Waals surface area contributed by atoms with E-state index in [1.54, 1.807) is 24.3 Å². The van der Waals surface area contributed by atoms with Gasteiger partial charge in [0.2, 0.25) is 5.82 Å². The molecule has 0 aliphatic rings. The van der Waals surface area contributed by atoms with Crippen LogP contribution in [0.1, 0.15) is 37.3 Å². The molecule has 3 aromatic rings. The number of rotatable bonds is 8. The molecule has 0 fully saturated rings. The van der Waals surface area contributed by atoms with Gasteiger partial charge < -0.3 is 4.74 Å². The van der Waals surface area contributed by atoms with E-state index in [-0.39, 0.29) is 16.6 Å². The van der Waals surface area contributed by atoms with Crippen molar-refractivity contribution in [2.24, 2.45) is 0 Å². The molecule has 0 amide bonds. The molecule has 0 aliphatic carbocycles. The zero-order chi connectivity index (χ0) is 20.1. The van der Waals surface area contributed by atoms with Gasteiger partial charge >= 0.3 is 0 Å². The summed E-state index contributed by atoms with van der Waals surface area (Å²) in [5, 5.41) is 0. The number of fused-ring (bicyclic) bond motifs is 1. The van der Waals surface area contributed by atoms with Crippen LogP contribution in [0.2, 0.25) is 0 Å². The van der Waals surface area contributed by atoms with Gasteiger partial charge in [0.25, 0.3) is 15.9 Å². The predicted molar refractivity (Wildman–Crippen MR) is 111 cm³/mol. The fourth-order valence-corrected chi connectivity index (χ4v) is 3.82. The Morgan fingerprint density at radius 3 is 2.36 bits per heavy atom. The number of hydrogen-bond acceptors (Lipinski definition) is 5. The predicted octanol–water partition coefficient (Wildman–Crippen LogP) is 4.62. The highest BCUT2D eigenvalue weighted by molar-refractivity contribution is 7.92. The summed E-state index contributed by atoms with van der Waals surface area (Å²) in [6.07, 6.45) is 2.97. The first-order chi connectivity index (χ1) is 13.4. The fraction of sp³-hybridized carbons (Fsp3) is 0.333. The topological polar surface area (TPSA) is 81.2 Å². The average molecular weight is 400 g/mol. The third kappa shape index (κ3) is 4.59. The fourth-order valence-electron chi connectivity index (χ4n) is 2.74. The largest absolute Gasteiger partial charge is 0.475 e. The van der Waals surface area contributed by atoms with E-state index >= 15 is 0 Å². The van der Waals surface area contributed by atoms with Gasteiger partial charge in [0.15, 0.2) is 0 Å². The van der Waals surface area contributed by atoms with E-state index < -0.39 is 10.0 Å². The van der Waals surface area contributed by atoms with Crippen molar-refractivity contribution in [1.29, 1.82) is 0 Å². The Balaban J connectivity index is 1.96. The van der Waals surface area contributed by atoms with Gasteiger partial charge in [0, 0.05) is 0 Å². The van der Waals surface area contributed by atoms with Gasteiger partial charge in [-0.05, 0) is 55.7 Å². The molecule has 148 valence electrons. The highest BCUT2D eigenvalue weighted by Crippen LogP contribution is 2.27. The standard InChI is InChI=1S/C21H25N3O3S/c1-4-5-8-13-27-21-20(22-18-9-6-7-10-19(18)23-21)24-28(25,26)17-12-11-15(2)16(3)14-17/h6-7,9-12,14H,4-5,8,13H2,1-3H3,(H,22,24). The highest BCUT2D eigenvalue weighted by atomic mass is 32.2. The molecule has 0 atom stereocenters. The lowest BCUT2D eigenvalue weighted by Gasteiger charge is -2.13. The van der Waals surface area contributed by atoms with Gasteiger partial charge in [-0.25, -0.2) is 18.4 Å². The molecule has 0 saturated carbocycles. The van der Waals surface area contributed by atoms with Crippen molar-refractivity contribution in [3.8, 4) is 5.88 Å². The summed E-state index contributed by atoms with van der Waals surface area (Å²) in [5.74, 6) is 0.302. The number of sulfonamides is 1. The molecule has 0 bridgehead atoms. The van der Waals surface area contributed by atoms with Crippen LogP contribution in [0.4, 0.5) is 5.82 Å². The molecule has 0 aliphatic heterocycles. The van der Waals surface area contributed by atoms with Crippen LogP contribution in [-0.4, -0.2) is 25.0 Å². The van der Waals surface area contributed by atoms with Crippen LogP contribution in [0.3, 0.4) is 0 Å². The molecule has 0 saturated heterocycles. The van der Waals surface area contributed by atoms with Crippen molar-refractivity contribution < 1.29 is 13.2 Å². The van der Waals surface area contributed by atoms with E-state index in [4.69, 9.17) is 4.74 Å². The van der Waals surface area contributed by atoms with E-state index in [1.165, 1.54) is 0 Å². The van der Waals surface area contributed by atoms with Crippen LogP contribution in [0.25, 0.3) is 11.0 Å². The first kappa shape index (κ1) is 20.1. The smallest absolute Gasteiger partial charge is 0.263 e. The number of hydrogen-bond donors (Lipinski definition) is 1. The number of anilines is 1. The Bertz CT molecular complexity index is 1080. The summed E-state index contributed by atoms with van der Waals surface area (Å²) in [6.45, 7) is 6.39. The number of aryl methyl sites for hydroxylation is 2. The molecular formula is C21H25N3O3S. The summed E-state index contributed by atoms with van der Waals surface area (Å²) in [6, 6.07) is 12.3. The second kappa shape index (κ2) is 8.56. The number of benzene rings is 2. The van der Waals surface area contributed by atoms with Gasteiger partial charge in [-0.15, -0.1) is 0 Å². The van der Waals surface area contributed by atoms with Gasteiger partial charge in [-0.1, -0.05) is 38.0 Å². The number of para-hydroxylation sites is 2. The van der Waals surface area contributed by atoms with Crippen molar-refractivity contribution in [1.82, 2.24) is 9.97 Å². The van der Waals surface area contributed by atoms with Crippen LogP contribution in [0.15, 0.2) is 47.4 Å². The molecule has 3 rings (SSSR count). The van der Waals surface area contributed by atoms with Gasteiger partial charge in [-0.2, -0.15) is 0 Å². The zero-order valence-electron chi connectivity index (χ0n) is 16.4. The number of aromatic nitrogens is 2. The minimum Gasteiger partial charge on any atom is -0.475 e. The number of nitrogens with one attached hydrogen (secondary N) is 1. The molecule has 1 heterocycles. The van der Waals surface area contributed by atoms with E-state index in [2.05, 4.69) is 21.6 Å². The van der Waals surface area contributed by atoms with Gasteiger partial charge in [-0.3, -0.25) is 4.72 Å². The third-order valence-corrected chi connectivity index (χ3v) is 5.88. The molecular weight excluding hydrogens is 374 g/mol. The van der Waals surface area contributed by atoms with Gasteiger partial charge in [0.1, 0.15) is 0 Å². The maximum absolute atomic E-state index is 12.9. The second-order valence-electron chi connectivity index (χ2n) is 6.77. The SMILES string of the molecule is CCCCCOc1nc2ccccc2nc1NS(=O)(=O)c1ccc(C)c(C)c1. The van der Waals surface area contributed by atoms with E-state index in [0.717, 1.165) is 30.4 Å². The Morgan fingerprint density at radius 1 is 0.964 bits per heavy atom. The van der Waals surface area contributed by atoms with Crippen LogP contribution in [-0.2, 0) is 10.0 Å². The molecule has 0 spiro atoms. The lowest BCUT2D eigenvalue weighted by molar-refractivity contribution is 0.297. The minimum atomic E-state index is -3.81. The Morgan fingerprint density at radius 2 is 1.68 bits per heavy atom. The Hall–Kier alpha value is -2.67. The molecule has 7 heteroatoms. The Labute approximate surface area is 166 Å². The lowest BCUT2D eigenvalue weighted by Crippen LogP contribution is -2.16. The van der Waals surface area contributed by atoms with Crippen LogP contribution in [0.5, 0.6) is 5.88 Å². The molecule has 6 nitrogen and oxygen atoms in total. The maximum Gasteiger partial charge on any atom is 0.263 e. The zero-order valence-corrected chi connectivity index (χ0v) is 17.2. The summed E-state index contributed by atoms with van der Waals surface area (Å²) in [5.41, 5.74) is 3.19. The van der Waals surface area contributed by atoms with Gasteiger partial charge in [0.05, 0.1) is 22.5 Å². The van der Waals surface area contributed by atoms with Crippen LogP contribution < -0.4 is 9.46 Å². The van der Waals surface area contributed by atoms with Crippen molar-refractivity contribution in [2.75, 3.05) is 11.3 Å². The van der Waals surface area contributed by atoms with Crippen LogP contribution in [0, 0.1) is 13.8 Å². The molecule has 2 aromatic carbocycles. The van der Waals surface area contributed by atoms with Crippen molar-refractivity contribution in [3.05, 3.63) is 53.6 Å². The molecule has 1 aromatic heterocycles. The Kier molecular flexibility index (Phi) is 6.14. The van der Waals surface area contributed by atoms with Crippen molar-refractivity contribution in [2.45, 2.75) is 44.9 Å². The lowest BCUT2D eigenvalue weighted by atomic mass is 10.1. The van der Waals surface area contributed by atoms with Crippen LogP contribution >= 0.6 is 0 Å². The van der Waals surface area contributed by atoms with Crippen molar-refractivity contribution >= 4 is 26.9 Å². The quantitative estimate of drug-likeness (QED) is 0.559. The molecule has 28 heavy (non-hydrogen) atoms. The minimum absolute atomic E-state index is 0.105. The summed E-state index contributed by atoms with van der Waals surface area (Å²) in [4.78, 5) is 9.10. The molecule has 0 unspecified atom stereocenters. The number of ether oxygens (including phenoxy) is 1. The average Bonchev–Trinajstić information content (AvgIpc) is 2.67. The number of unbranched alkanes of at least 4 members (excludes halogenated alkanes) is 2. The monoisotopic (exact) mass is 399 g/mol.